The van der Waals surface area contributed by atoms with Crippen LogP contribution in [-0.4, -0.2) is 23.8 Å². The Kier molecular flexibility index (Phi) is 6.53. The molecule has 0 atom stereocenters. The van der Waals surface area contributed by atoms with Crippen LogP contribution in [0.15, 0.2) is 53.2 Å². The van der Waals surface area contributed by atoms with Crippen LogP contribution in [0.5, 0.6) is 0 Å². The van der Waals surface area contributed by atoms with Gasteiger partial charge in [-0.1, -0.05) is 48.5 Å². The van der Waals surface area contributed by atoms with Gasteiger partial charge in [-0.25, -0.2) is 4.90 Å². The molecule has 4 rings (SSSR count). The van der Waals surface area contributed by atoms with E-state index in [4.69, 9.17) is 23.2 Å². The van der Waals surface area contributed by atoms with Crippen LogP contribution in [0.4, 0.5) is 11.4 Å². The predicted octanol–water partition coefficient (Wildman–Crippen LogP) is 5.15. The first-order valence-corrected chi connectivity index (χ1v) is 11.3. The van der Waals surface area contributed by atoms with Crippen molar-refractivity contribution in [2.45, 2.75) is 45.1 Å². The van der Waals surface area contributed by atoms with Crippen molar-refractivity contribution < 1.29 is 14.4 Å². The first kappa shape index (κ1) is 22.4. The highest BCUT2D eigenvalue weighted by atomic mass is 35.5. The van der Waals surface area contributed by atoms with Gasteiger partial charge in [-0.15, -0.1) is 0 Å². The first-order chi connectivity index (χ1) is 15.3. The van der Waals surface area contributed by atoms with Crippen molar-refractivity contribution in [1.82, 2.24) is 5.32 Å². The van der Waals surface area contributed by atoms with Crippen molar-refractivity contribution >= 4 is 52.3 Å². The molecule has 2 N–H and O–H groups in total. The van der Waals surface area contributed by atoms with Crippen LogP contribution in [-0.2, 0) is 9.59 Å². The summed E-state index contributed by atoms with van der Waals surface area (Å²) >= 11 is 12.3. The average molecular weight is 472 g/mol. The third-order valence-corrected chi connectivity index (χ3v) is 6.38. The van der Waals surface area contributed by atoms with Crippen LogP contribution in [0.3, 0.4) is 0 Å². The van der Waals surface area contributed by atoms with Gasteiger partial charge in [0.25, 0.3) is 17.7 Å². The maximum absolute atomic E-state index is 13.0. The molecular weight excluding hydrogens is 449 g/mol. The maximum Gasteiger partial charge on any atom is 0.283 e. The molecule has 0 saturated heterocycles. The topological polar surface area (TPSA) is 78.5 Å². The summed E-state index contributed by atoms with van der Waals surface area (Å²) in [6, 6.07) is 11.9. The van der Waals surface area contributed by atoms with E-state index < -0.39 is 11.8 Å². The van der Waals surface area contributed by atoms with E-state index in [2.05, 4.69) is 10.6 Å². The molecule has 1 heterocycles. The smallest absolute Gasteiger partial charge is 0.283 e. The molecular formula is C24H23Cl2N3O3. The van der Waals surface area contributed by atoms with Gasteiger partial charge in [0.15, 0.2) is 0 Å². The molecule has 8 heteroatoms. The van der Waals surface area contributed by atoms with Crippen molar-refractivity contribution in [2.24, 2.45) is 0 Å². The fourth-order valence-corrected chi connectivity index (χ4v) is 4.40. The van der Waals surface area contributed by atoms with Crippen LogP contribution in [0, 0.1) is 6.92 Å². The minimum absolute atomic E-state index is 0.0181. The van der Waals surface area contributed by atoms with Gasteiger partial charge >= 0.3 is 0 Å². The fraction of sp³-hybridized carbons (Fsp3) is 0.292. The molecule has 32 heavy (non-hydrogen) atoms. The number of nitrogens with zero attached hydrogens (tertiary/aromatic N) is 1. The zero-order valence-electron chi connectivity index (χ0n) is 17.6. The standard InChI is InChI=1S/C24H23Cl2N3O3/c1-14-7-10-16(25)13-19(14)29-23(31)20(26)21(24(29)32)27-18-11-8-15(9-12-18)22(30)28-17-5-3-2-4-6-17/h7-13,17,27H,2-6H2,1H3,(H,28,30). The largest absolute Gasteiger partial charge is 0.350 e. The van der Waals surface area contributed by atoms with Crippen molar-refractivity contribution in [1.29, 1.82) is 0 Å². The van der Waals surface area contributed by atoms with E-state index in [1.807, 2.05) is 0 Å². The number of carbonyl (C=O) groups excluding carboxylic acids is 3. The molecule has 0 aromatic heterocycles. The summed E-state index contributed by atoms with van der Waals surface area (Å²) in [6.07, 6.45) is 5.53. The summed E-state index contributed by atoms with van der Waals surface area (Å²) < 4.78 is 0. The van der Waals surface area contributed by atoms with Gasteiger partial charge in [-0.2, -0.15) is 0 Å². The van der Waals surface area contributed by atoms with Crippen LogP contribution in [0.25, 0.3) is 0 Å². The molecule has 1 saturated carbocycles. The second-order valence-corrected chi connectivity index (χ2v) is 8.89. The number of amides is 3. The monoisotopic (exact) mass is 471 g/mol. The lowest BCUT2D eigenvalue weighted by Gasteiger charge is -2.22. The van der Waals surface area contributed by atoms with Crippen molar-refractivity contribution in [2.75, 3.05) is 10.2 Å². The number of carbonyl (C=O) groups is 3. The average Bonchev–Trinajstić information content (AvgIpc) is 3.00. The Bertz CT molecular complexity index is 1110. The van der Waals surface area contributed by atoms with E-state index in [9.17, 15) is 14.4 Å². The molecule has 1 aliphatic heterocycles. The molecule has 2 aromatic rings. The highest BCUT2D eigenvalue weighted by Crippen LogP contribution is 2.33. The SMILES string of the molecule is Cc1ccc(Cl)cc1N1C(=O)C(Cl)=C(Nc2ccc(C(=O)NC3CCCCC3)cc2)C1=O. The van der Waals surface area contributed by atoms with Crippen LogP contribution in [0.2, 0.25) is 5.02 Å². The molecule has 6 nitrogen and oxygen atoms in total. The number of nitrogens with one attached hydrogen (secondary N) is 2. The Labute approximate surface area is 196 Å². The third-order valence-electron chi connectivity index (χ3n) is 5.80. The van der Waals surface area contributed by atoms with Gasteiger partial charge < -0.3 is 10.6 Å². The summed E-state index contributed by atoms with van der Waals surface area (Å²) in [4.78, 5) is 39.2. The van der Waals surface area contributed by atoms with Crippen molar-refractivity contribution in [3.63, 3.8) is 0 Å². The molecule has 0 spiro atoms. The molecule has 1 fully saturated rings. The molecule has 2 aromatic carbocycles. The minimum atomic E-state index is -0.618. The molecule has 166 valence electrons. The van der Waals surface area contributed by atoms with Gasteiger partial charge in [0, 0.05) is 22.3 Å². The summed E-state index contributed by atoms with van der Waals surface area (Å²) in [5.41, 5.74) is 2.16. The number of hydrogen-bond donors (Lipinski definition) is 2. The third kappa shape index (κ3) is 4.52. The molecule has 1 aliphatic carbocycles. The Morgan fingerprint density at radius 3 is 2.34 bits per heavy atom. The predicted molar refractivity (Wildman–Crippen MR) is 126 cm³/mol. The van der Waals surface area contributed by atoms with Crippen LogP contribution in [0.1, 0.15) is 48.0 Å². The van der Waals surface area contributed by atoms with E-state index in [1.165, 1.54) is 6.42 Å². The number of aryl methyl sites for hydroxylation is 1. The highest BCUT2D eigenvalue weighted by Gasteiger charge is 2.39. The zero-order valence-corrected chi connectivity index (χ0v) is 19.1. The van der Waals surface area contributed by atoms with Gasteiger partial charge in [0.1, 0.15) is 10.7 Å². The minimum Gasteiger partial charge on any atom is -0.350 e. The van der Waals surface area contributed by atoms with Gasteiger partial charge in [0.2, 0.25) is 0 Å². The van der Waals surface area contributed by atoms with Gasteiger partial charge in [-0.05, 0) is 61.7 Å². The van der Waals surface area contributed by atoms with E-state index >= 15 is 0 Å². The van der Waals surface area contributed by atoms with E-state index in [0.29, 0.717) is 22.0 Å². The number of hydrogen-bond acceptors (Lipinski definition) is 4. The normalized spacial score (nSPS) is 17.2. The van der Waals surface area contributed by atoms with E-state index in [0.717, 1.165) is 36.1 Å². The van der Waals surface area contributed by atoms with Crippen molar-refractivity contribution in [3.05, 3.63) is 69.3 Å². The Morgan fingerprint density at radius 1 is 0.969 bits per heavy atom. The molecule has 3 amide bonds. The quantitative estimate of drug-likeness (QED) is 0.591. The lowest BCUT2D eigenvalue weighted by Crippen LogP contribution is -2.36. The van der Waals surface area contributed by atoms with E-state index in [-0.39, 0.29) is 22.7 Å². The lowest BCUT2D eigenvalue weighted by molar-refractivity contribution is -0.120. The number of imide groups is 1. The Hall–Kier alpha value is -2.83. The first-order valence-electron chi connectivity index (χ1n) is 10.6. The fourth-order valence-electron chi connectivity index (χ4n) is 4.02. The molecule has 0 bridgehead atoms. The van der Waals surface area contributed by atoms with Crippen LogP contribution < -0.4 is 15.5 Å². The summed E-state index contributed by atoms with van der Waals surface area (Å²) in [5, 5.41) is 6.21. The van der Waals surface area contributed by atoms with E-state index in [1.54, 1.807) is 49.4 Å². The summed E-state index contributed by atoms with van der Waals surface area (Å²) in [6.45, 7) is 1.78. The molecule has 0 unspecified atom stereocenters. The molecule has 2 aliphatic rings. The lowest BCUT2D eigenvalue weighted by atomic mass is 9.95. The Balaban J connectivity index is 1.47. The zero-order chi connectivity index (χ0) is 22.8. The summed E-state index contributed by atoms with van der Waals surface area (Å²) in [7, 11) is 0. The Morgan fingerprint density at radius 2 is 1.66 bits per heavy atom. The maximum atomic E-state index is 13.0. The number of rotatable bonds is 5. The molecule has 0 radical (unpaired) electrons. The highest BCUT2D eigenvalue weighted by molar-refractivity contribution is 6.53. The van der Waals surface area contributed by atoms with Gasteiger partial charge in [0.05, 0.1) is 5.69 Å². The summed E-state index contributed by atoms with van der Waals surface area (Å²) in [5.74, 6) is -1.30. The van der Waals surface area contributed by atoms with Crippen LogP contribution >= 0.6 is 23.2 Å². The second-order valence-electron chi connectivity index (χ2n) is 8.08. The van der Waals surface area contributed by atoms with Crippen molar-refractivity contribution in [3.8, 4) is 0 Å². The number of benzene rings is 2. The number of halogens is 2. The van der Waals surface area contributed by atoms with Gasteiger partial charge in [-0.3, -0.25) is 14.4 Å². The number of anilines is 2. The second kappa shape index (κ2) is 9.35.